The zero-order valence-electron chi connectivity index (χ0n) is 47.5. The smallest absolute Gasteiger partial charge is 0.306 e. The Balaban J connectivity index is 4.35. The monoisotopic (exact) mass is 995 g/mol. The third-order valence-corrected chi connectivity index (χ3v) is 13.8. The molecule has 0 bridgehead atoms. The van der Waals surface area contributed by atoms with Gasteiger partial charge in [-0.2, -0.15) is 0 Å². The van der Waals surface area contributed by atoms with Gasteiger partial charge in [0.1, 0.15) is 13.2 Å². The highest BCUT2D eigenvalue weighted by molar-refractivity contribution is 5.71. The molecular formula is C65H118O6. The van der Waals surface area contributed by atoms with Gasteiger partial charge >= 0.3 is 17.9 Å². The average molecular weight is 996 g/mol. The zero-order chi connectivity index (χ0) is 51.4. The highest BCUT2D eigenvalue weighted by Gasteiger charge is 2.19. The average Bonchev–Trinajstić information content (AvgIpc) is 3.37. The zero-order valence-corrected chi connectivity index (χ0v) is 47.5. The molecule has 0 aliphatic rings. The molecule has 0 saturated heterocycles. The molecule has 0 saturated carbocycles. The first-order valence-electron chi connectivity index (χ1n) is 31.1. The maximum absolute atomic E-state index is 12.9. The van der Waals surface area contributed by atoms with Crippen LogP contribution in [0.1, 0.15) is 329 Å². The molecule has 0 aliphatic heterocycles. The predicted molar refractivity (Wildman–Crippen MR) is 307 cm³/mol. The molecule has 0 spiro atoms. The van der Waals surface area contributed by atoms with E-state index in [1.165, 1.54) is 199 Å². The van der Waals surface area contributed by atoms with Gasteiger partial charge in [-0.15, -0.1) is 0 Å². The van der Waals surface area contributed by atoms with E-state index in [4.69, 9.17) is 14.2 Å². The van der Waals surface area contributed by atoms with E-state index in [9.17, 15) is 14.4 Å². The summed E-state index contributed by atoms with van der Waals surface area (Å²) in [5.74, 6) is -0.893. The van der Waals surface area contributed by atoms with Crippen molar-refractivity contribution in [3.05, 3.63) is 48.6 Å². The summed E-state index contributed by atoms with van der Waals surface area (Å²) in [5, 5.41) is 0. The number of allylic oxidation sites excluding steroid dienone is 8. The molecule has 0 aromatic rings. The van der Waals surface area contributed by atoms with Crippen LogP contribution in [0.3, 0.4) is 0 Å². The number of carbonyl (C=O) groups is 3. The minimum atomic E-state index is -0.787. The van der Waals surface area contributed by atoms with E-state index in [2.05, 4.69) is 69.4 Å². The van der Waals surface area contributed by atoms with Crippen LogP contribution in [0.4, 0.5) is 0 Å². The van der Waals surface area contributed by atoms with Crippen LogP contribution >= 0.6 is 0 Å². The first kappa shape index (κ1) is 68.4. The summed E-state index contributed by atoms with van der Waals surface area (Å²) in [6.45, 7) is 6.63. The fraction of sp³-hybridized carbons (Fsp3) is 0.831. The second-order valence-electron chi connectivity index (χ2n) is 21.0. The van der Waals surface area contributed by atoms with Crippen molar-refractivity contribution in [1.29, 1.82) is 0 Å². The number of rotatable bonds is 57. The maximum atomic E-state index is 12.9. The molecule has 0 fully saturated rings. The van der Waals surface area contributed by atoms with E-state index in [1.807, 2.05) is 0 Å². The Morgan fingerprint density at radius 2 is 0.507 bits per heavy atom. The van der Waals surface area contributed by atoms with Crippen molar-refractivity contribution >= 4 is 17.9 Å². The van der Waals surface area contributed by atoms with Crippen LogP contribution in [0.5, 0.6) is 0 Å². The lowest BCUT2D eigenvalue weighted by atomic mass is 10.0. The Kier molecular flexibility index (Phi) is 57.7. The van der Waals surface area contributed by atoms with Crippen LogP contribution in [0.2, 0.25) is 0 Å². The van der Waals surface area contributed by atoms with Crippen LogP contribution in [-0.4, -0.2) is 37.2 Å². The van der Waals surface area contributed by atoms with E-state index in [0.29, 0.717) is 19.3 Å². The molecule has 0 rings (SSSR count). The first-order valence-corrected chi connectivity index (χ1v) is 31.1. The van der Waals surface area contributed by atoms with Crippen molar-refractivity contribution in [2.45, 2.75) is 335 Å². The first-order chi connectivity index (χ1) is 35.0. The van der Waals surface area contributed by atoms with E-state index < -0.39 is 6.10 Å². The number of carbonyl (C=O) groups excluding carboxylic acids is 3. The Labute approximate surface area is 441 Å². The molecule has 0 unspecified atom stereocenters. The summed E-state index contributed by atoms with van der Waals surface area (Å²) < 4.78 is 16.9. The van der Waals surface area contributed by atoms with Crippen LogP contribution in [0, 0.1) is 0 Å². The normalized spacial score (nSPS) is 12.3. The van der Waals surface area contributed by atoms with Gasteiger partial charge in [-0.25, -0.2) is 0 Å². The van der Waals surface area contributed by atoms with Crippen molar-refractivity contribution in [2.75, 3.05) is 13.2 Å². The summed E-state index contributed by atoms with van der Waals surface area (Å²) in [4.78, 5) is 38.2. The highest BCUT2D eigenvalue weighted by Crippen LogP contribution is 2.17. The summed E-state index contributed by atoms with van der Waals surface area (Å²) >= 11 is 0. The van der Waals surface area contributed by atoms with Crippen LogP contribution in [0.15, 0.2) is 48.6 Å². The van der Waals surface area contributed by atoms with Gasteiger partial charge in [0, 0.05) is 19.3 Å². The van der Waals surface area contributed by atoms with Gasteiger partial charge in [0.25, 0.3) is 0 Å². The molecule has 0 aromatic heterocycles. The standard InChI is InChI=1S/C65H118O6/c1-4-7-10-13-16-19-22-25-28-30-31-32-33-35-37-40-43-46-49-52-55-58-64(67)70-61-62(60-69-63(66)57-54-51-48-45-42-39-36-27-24-21-18-15-12-9-6-3)71-65(68)59-56-53-50-47-44-41-38-34-29-26-23-20-17-14-11-8-5-2/h17,20,26-27,29,36,38,41,62H,4-16,18-19,21-25,28,30-35,37,39-40,42-61H2,1-3H3/b20-17-,29-26-,36-27-,41-38-/t62-/m1/s1. The van der Waals surface area contributed by atoms with Gasteiger partial charge in [0.05, 0.1) is 0 Å². The van der Waals surface area contributed by atoms with E-state index in [-0.39, 0.29) is 31.1 Å². The minimum absolute atomic E-state index is 0.0816. The molecule has 6 nitrogen and oxygen atoms in total. The molecule has 0 amide bonds. The topological polar surface area (TPSA) is 78.9 Å². The fourth-order valence-electron chi connectivity index (χ4n) is 9.09. The minimum Gasteiger partial charge on any atom is -0.462 e. The lowest BCUT2D eigenvalue weighted by molar-refractivity contribution is -0.167. The molecule has 0 aliphatic carbocycles. The fourth-order valence-corrected chi connectivity index (χ4v) is 9.09. The number of hydrogen-bond acceptors (Lipinski definition) is 6. The molecule has 0 N–H and O–H groups in total. The summed E-state index contributed by atoms with van der Waals surface area (Å²) in [5.41, 5.74) is 0. The number of ether oxygens (including phenoxy) is 3. The predicted octanol–water partition coefficient (Wildman–Crippen LogP) is 21.0. The SMILES string of the molecule is CCCCC/C=C\C/C=C\C/C=C\CCCCCCC(=O)O[C@H](COC(=O)CCCCCCC/C=C\CCCCCCCC)COC(=O)CCCCCCCCCCCCCCCCCCCCCCC. The molecular weight excluding hydrogens is 877 g/mol. The summed E-state index contributed by atoms with van der Waals surface area (Å²) in [7, 11) is 0. The highest BCUT2D eigenvalue weighted by atomic mass is 16.6. The molecule has 0 radical (unpaired) electrons. The van der Waals surface area contributed by atoms with Crippen molar-refractivity contribution in [3.63, 3.8) is 0 Å². The van der Waals surface area contributed by atoms with Crippen molar-refractivity contribution in [1.82, 2.24) is 0 Å². The van der Waals surface area contributed by atoms with E-state index >= 15 is 0 Å². The number of hydrogen-bond donors (Lipinski definition) is 0. The Morgan fingerprint density at radius 1 is 0.282 bits per heavy atom. The lowest BCUT2D eigenvalue weighted by Gasteiger charge is -2.18. The second kappa shape index (κ2) is 59.9. The Bertz CT molecular complexity index is 1230. The van der Waals surface area contributed by atoms with Gasteiger partial charge in [0.2, 0.25) is 0 Å². The third kappa shape index (κ3) is 58.1. The lowest BCUT2D eigenvalue weighted by Crippen LogP contribution is -2.30. The maximum Gasteiger partial charge on any atom is 0.306 e. The van der Waals surface area contributed by atoms with Crippen molar-refractivity contribution in [3.8, 4) is 0 Å². The van der Waals surface area contributed by atoms with E-state index in [0.717, 1.165) is 89.9 Å². The molecule has 414 valence electrons. The molecule has 0 aromatic carbocycles. The quantitative estimate of drug-likeness (QED) is 0.0261. The van der Waals surface area contributed by atoms with Gasteiger partial charge in [0.15, 0.2) is 6.10 Å². The van der Waals surface area contributed by atoms with Crippen LogP contribution in [-0.2, 0) is 28.6 Å². The van der Waals surface area contributed by atoms with Crippen molar-refractivity contribution in [2.24, 2.45) is 0 Å². The second-order valence-corrected chi connectivity index (χ2v) is 21.0. The van der Waals surface area contributed by atoms with Crippen molar-refractivity contribution < 1.29 is 28.6 Å². The number of unbranched alkanes of at least 4 members (excludes halogenated alkanes) is 38. The molecule has 0 heterocycles. The Hall–Kier alpha value is -2.63. The Morgan fingerprint density at radius 3 is 0.831 bits per heavy atom. The van der Waals surface area contributed by atoms with Gasteiger partial charge in [-0.1, -0.05) is 275 Å². The summed E-state index contributed by atoms with van der Waals surface area (Å²) in [6, 6.07) is 0. The molecule has 71 heavy (non-hydrogen) atoms. The van der Waals surface area contributed by atoms with E-state index in [1.54, 1.807) is 0 Å². The molecule has 1 atom stereocenters. The van der Waals surface area contributed by atoms with Gasteiger partial charge in [-0.05, 0) is 83.5 Å². The van der Waals surface area contributed by atoms with Gasteiger partial charge in [-0.3, -0.25) is 14.4 Å². The molecule has 6 heteroatoms. The third-order valence-electron chi connectivity index (χ3n) is 13.8. The van der Waals surface area contributed by atoms with Crippen LogP contribution < -0.4 is 0 Å². The number of esters is 3. The largest absolute Gasteiger partial charge is 0.462 e. The van der Waals surface area contributed by atoms with Gasteiger partial charge < -0.3 is 14.2 Å². The summed E-state index contributed by atoms with van der Waals surface area (Å²) in [6.07, 6.45) is 74.0. The van der Waals surface area contributed by atoms with Crippen LogP contribution in [0.25, 0.3) is 0 Å².